The lowest BCUT2D eigenvalue weighted by atomic mass is 10.1. The Labute approximate surface area is 122 Å². The molecule has 2 rings (SSSR count). The number of carbonyl (C=O) groups is 1. The van der Waals surface area contributed by atoms with Gasteiger partial charge in [-0.25, -0.2) is 8.78 Å². The molecule has 0 fully saturated rings. The van der Waals surface area contributed by atoms with Crippen molar-refractivity contribution in [1.29, 1.82) is 0 Å². The Hall–Kier alpha value is -1.76. The summed E-state index contributed by atoms with van der Waals surface area (Å²) < 4.78 is 28.6. The molecule has 20 heavy (non-hydrogen) atoms. The van der Waals surface area contributed by atoms with Gasteiger partial charge in [0.15, 0.2) is 0 Å². The fraction of sp³-hybridized carbons (Fsp3) is 0.231. The van der Waals surface area contributed by atoms with Gasteiger partial charge in [0.2, 0.25) is 5.91 Å². The topological polar surface area (TPSA) is 46.9 Å². The number of anilines is 1. The standard InChI is InChI=1S/C13H12BrF2N3O/c1-8(6-19-7-9(14)5-17-19)13(20)18-12-3-2-10(15)4-11(12)16/h2-5,7-8H,6H2,1H3,(H,18,20)/t8-/m0/s1. The van der Waals surface area contributed by atoms with Crippen molar-refractivity contribution in [2.24, 2.45) is 5.92 Å². The summed E-state index contributed by atoms with van der Waals surface area (Å²) in [5.41, 5.74) is -0.0371. The van der Waals surface area contributed by atoms with E-state index in [1.165, 1.54) is 6.07 Å². The molecule has 1 heterocycles. The Bertz CT molecular complexity index is 630. The number of halogens is 3. The number of hydrogen-bond acceptors (Lipinski definition) is 2. The maximum absolute atomic E-state index is 13.4. The summed E-state index contributed by atoms with van der Waals surface area (Å²) in [6.45, 7) is 2.06. The summed E-state index contributed by atoms with van der Waals surface area (Å²) in [4.78, 5) is 11.9. The highest BCUT2D eigenvalue weighted by molar-refractivity contribution is 9.10. The lowest BCUT2D eigenvalue weighted by Crippen LogP contribution is -2.25. The van der Waals surface area contributed by atoms with Crippen molar-refractivity contribution in [3.8, 4) is 0 Å². The number of nitrogens with zero attached hydrogens (tertiary/aromatic N) is 2. The Morgan fingerprint density at radius 1 is 1.50 bits per heavy atom. The third-order valence-electron chi connectivity index (χ3n) is 2.70. The molecule has 0 unspecified atom stereocenters. The average Bonchev–Trinajstić information content (AvgIpc) is 2.78. The molecule has 0 radical (unpaired) electrons. The zero-order chi connectivity index (χ0) is 14.7. The van der Waals surface area contributed by atoms with Crippen LogP contribution < -0.4 is 5.32 Å². The molecular formula is C13H12BrF2N3O. The molecule has 7 heteroatoms. The van der Waals surface area contributed by atoms with Crippen molar-refractivity contribution in [3.63, 3.8) is 0 Å². The van der Waals surface area contributed by atoms with Gasteiger partial charge in [-0.1, -0.05) is 6.92 Å². The number of benzene rings is 1. The number of aromatic nitrogens is 2. The molecule has 0 aliphatic heterocycles. The first-order valence-electron chi connectivity index (χ1n) is 5.89. The summed E-state index contributed by atoms with van der Waals surface area (Å²) >= 11 is 3.26. The largest absolute Gasteiger partial charge is 0.323 e. The monoisotopic (exact) mass is 343 g/mol. The van der Waals surface area contributed by atoms with Crippen molar-refractivity contribution in [2.75, 3.05) is 5.32 Å². The molecule has 1 aromatic heterocycles. The quantitative estimate of drug-likeness (QED) is 0.926. The van der Waals surface area contributed by atoms with E-state index in [2.05, 4.69) is 26.3 Å². The van der Waals surface area contributed by atoms with Gasteiger partial charge in [0.05, 0.1) is 28.8 Å². The van der Waals surface area contributed by atoms with Gasteiger partial charge in [-0.05, 0) is 28.1 Å². The Morgan fingerprint density at radius 3 is 2.85 bits per heavy atom. The molecule has 0 spiro atoms. The Kier molecular flexibility index (Phi) is 4.49. The van der Waals surface area contributed by atoms with E-state index in [0.29, 0.717) is 6.54 Å². The van der Waals surface area contributed by atoms with Crippen LogP contribution in [-0.4, -0.2) is 15.7 Å². The first-order chi connectivity index (χ1) is 9.45. The van der Waals surface area contributed by atoms with E-state index in [-0.39, 0.29) is 11.6 Å². The van der Waals surface area contributed by atoms with Gasteiger partial charge in [0.25, 0.3) is 0 Å². The van der Waals surface area contributed by atoms with E-state index in [4.69, 9.17) is 0 Å². The second kappa shape index (κ2) is 6.13. The van der Waals surface area contributed by atoms with Gasteiger partial charge >= 0.3 is 0 Å². The van der Waals surface area contributed by atoms with Crippen LogP contribution in [0.4, 0.5) is 14.5 Å². The Balaban J connectivity index is 2.00. The minimum absolute atomic E-state index is 0.0371. The summed E-state index contributed by atoms with van der Waals surface area (Å²) in [6.07, 6.45) is 3.35. The van der Waals surface area contributed by atoms with E-state index in [1.807, 2.05) is 0 Å². The van der Waals surface area contributed by atoms with Crippen LogP contribution in [0.25, 0.3) is 0 Å². The smallest absolute Gasteiger partial charge is 0.229 e. The molecule has 0 bridgehead atoms. The van der Waals surface area contributed by atoms with Gasteiger partial charge in [-0.15, -0.1) is 0 Å². The summed E-state index contributed by atoms with van der Waals surface area (Å²) in [7, 11) is 0. The van der Waals surface area contributed by atoms with Crippen LogP contribution in [-0.2, 0) is 11.3 Å². The van der Waals surface area contributed by atoms with Gasteiger partial charge in [0.1, 0.15) is 11.6 Å². The molecule has 106 valence electrons. The molecule has 0 saturated carbocycles. The van der Waals surface area contributed by atoms with E-state index in [0.717, 1.165) is 16.6 Å². The number of carbonyl (C=O) groups excluding carboxylic acids is 1. The highest BCUT2D eigenvalue weighted by atomic mass is 79.9. The first kappa shape index (κ1) is 14.6. The van der Waals surface area contributed by atoms with Crippen molar-refractivity contribution < 1.29 is 13.6 Å². The zero-order valence-electron chi connectivity index (χ0n) is 10.6. The highest BCUT2D eigenvalue weighted by Gasteiger charge is 2.16. The van der Waals surface area contributed by atoms with Crippen LogP contribution >= 0.6 is 15.9 Å². The average molecular weight is 344 g/mol. The minimum Gasteiger partial charge on any atom is -0.323 e. The van der Waals surface area contributed by atoms with E-state index < -0.39 is 17.6 Å². The van der Waals surface area contributed by atoms with Crippen molar-refractivity contribution in [3.05, 3.63) is 46.7 Å². The molecule has 0 saturated heterocycles. The Morgan fingerprint density at radius 2 is 2.25 bits per heavy atom. The molecule has 2 aromatic rings. The van der Waals surface area contributed by atoms with Gasteiger partial charge in [-0.3, -0.25) is 9.48 Å². The molecule has 1 aromatic carbocycles. The van der Waals surface area contributed by atoms with Crippen LogP contribution in [0.3, 0.4) is 0 Å². The molecule has 0 aliphatic rings. The normalized spacial score (nSPS) is 12.2. The van der Waals surface area contributed by atoms with Gasteiger partial charge in [-0.2, -0.15) is 5.10 Å². The van der Waals surface area contributed by atoms with E-state index >= 15 is 0 Å². The third-order valence-corrected chi connectivity index (χ3v) is 3.11. The molecule has 1 N–H and O–H groups in total. The van der Waals surface area contributed by atoms with Crippen LogP contribution in [0.5, 0.6) is 0 Å². The zero-order valence-corrected chi connectivity index (χ0v) is 12.2. The molecule has 1 atom stereocenters. The lowest BCUT2D eigenvalue weighted by Gasteiger charge is -2.12. The van der Waals surface area contributed by atoms with Crippen LogP contribution in [0.2, 0.25) is 0 Å². The van der Waals surface area contributed by atoms with Crippen LogP contribution in [0.1, 0.15) is 6.92 Å². The third kappa shape index (κ3) is 3.63. The van der Waals surface area contributed by atoms with Crippen molar-refractivity contribution >= 4 is 27.5 Å². The molecular weight excluding hydrogens is 332 g/mol. The predicted molar refractivity (Wildman–Crippen MR) is 74.1 cm³/mol. The van der Waals surface area contributed by atoms with Gasteiger partial charge < -0.3 is 5.32 Å². The molecule has 0 aliphatic carbocycles. The summed E-state index contributed by atoms with van der Waals surface area (Å²) in [6, 6.07) is 3.01. The van der Waals surface area contributed by atoms with Crippen molar-refractivity contribution in [1.82, 2.24) is 9.78 Å². The number of hydrogen-bond donors (Lipinski definition) is 1. The second-order valence-electron chi connectivity index (χ2n) is 4.40. The second-order valence-corrected chi connectivity index (χ2v) is 5.31. The molecule has 1 amide bonds. The minimum atomic E-state index is -0.799. The first-order valence-corrected chi connectivity index (χ1v) is 6.69. The highest BCUT2D eigenvalue weighted by Crippen LogP contribution is 2.16. The SMILES string of the molecule is C[C@@H](Cn1cc(Br)cn1)C(=O)Nc1ccc(F)cc1F. The van der Waals surface area contributed by atoms with Crippen LogP contribution in [0.15, 0.2) is 35.1 Å². The maximum Gasteiger partial charge on any atom is 0.229 e. The van der Waals surface area contributed by atoms with Gasteiger partial charge in [0, 0.05) is 12.3 Å². The summed E-state index contributed by atoms with van der Waals surface area (Å²) in [5.74, 6) is -2.25. The van der Waals surface area contributed by atoms with Crippen molar-refractivity contribution in [2.45, 2.75) is 13.5 Å². The number of nitrogens with one attached hydrogen (secondary N) is 1. The van der Waals surface area contributed by atoms with Crippen LogP contribution in [0, 0.1) is 17.6 Å². The molecule has 4 nitrogen and oxygen atoms in total. The fourth-order valence-corrected chi connectivity index (χ4v) is 1.98. The maximum atomic E-state index is 13.4. The number of rotatable bonds is 4. The van der Waals surface area contributed by atoms with E-state index in [1.54, 1.807) is 24.0 Å². The lowest BCUT2D eigenvalue weighted by molar-refractivity contribution is -0.119. The predicted octanol–water partition coefficient (Wildman–Crippen LogP) is 3.20. The number of amides is 1. The fourth-order valence-electron chi connectivity index (χ4n) is 1.65. The van der Waals surface area contributed by atoms with E-state index in [9.17, 15) is 13.6 Å². The summed E-state index contributed by atoms with van der Waals surface area (Å²) in [5, 5.41) is 6.47.